The normalized spacial score (nSPS) is 11.9. The highest BCUT2D eigenvalue weighted by Gasteiger charge is 2.10. The molecule has 1 unspecified atom stereocenters. The maximum absolute atomic E-state index is 6.04. The van der Waals surface area contributed by atoms with E-state index in [-0.39, 0.29) is 6.04 Å². The third kappa shape index (κ3) is 3.72. The van der Waals surface area contributed by atoms with Crippen LogP contribution in [0, 0.1) is 0 Å². The Morgan fingerprint density at radius 3 is 2.50 bits per heavy atom. The largest absolute Gasteiger partial charge is 0.389 e. The van der Waals surface area contributed by atoms with E-state index in [0.717, 1.165) is 15.7 Å². The van der Waals surface area contributed by atoms with Gasteiger partial charge in [-0.25, -0.2) is 0 Å². The van der Waals surface area contributed by atoms with Crippen LogP contribution in [0.2, 0.25) is 5.02 Å². The number of thiocarbonyl (C=S) groups is 1. The van der Waals surface area contributed by atoms with Crippen molar-refractivity contribution in [2.24, 2.45) is 5.73 Å². The minimum atomic E-state index is 0.120. The Hall–Kier alpha value is -1.10. The average molecular weight is 370 g/mol. The van der Waals surface area contributed by atoms with Gasteiger partial charge in [-0.2, -0.15) is 0 Å². The van der Waals surface area contributed by atoms with Gasteiger partial charge in [0, 0.05) is 26.8 Å². The summed E-state index contributed by atoms with van der Waals surface area (Å²) in [6.07, 6.45) is 0. The first kappa shape index (κ1) is 15.3. The summed E-state index contributed by atoms with van der Waals surface area (Å²) in [6.45, 7) is 2.08. The van der Waals surface area contributed by atoms with Crippen LogP contribution < -0.4 is 11.1 Å². The minimum Gasteiger partial charge on any atom is -0.389 e. The molecule has 0 aliphatic carbocycles. The van der Waals surface area contributed by atoms with Gasteiger partial charge >= 0.3 is 0 Å². The van der Waals surface area contributed by atoms with E-state index in [9.17, 15) is 0 Å². The lowest BCUT2D eigenvalue weighted by Gasteiger charge is -2.18. The number of benzene rings is 2. The summed E-state index contributed by atoms with van der Waals surface area (Å²) >= 11 is 14.5. The molecule has 3 N–H and O–H groups in total. The second kappa shape index (κ2) is 6.57. The van der Waals surface area contributed by atoms with Crippen LogP contribution in [0.3, 0.4) is 0 Å². The van der Waals surface area contributed by atoms with E-state index in [0.29, 0.717) is 10.0 Å². The quantitative estimate of drug-likeness (QED) is 0.752. The zero-order chi connectivity index (χ0) is 14.7. The fraction of sp³-hybridized carbons (Fsp3) is 0.133. The first-order chi connectivity index (χ1) is 9.47. The van der Waals surface area contributed by atoms with Crippen molar-refractivity contribution in [3.8, 4) is 0 Å². The Labute approximate surface area is 137 Å². The molecule has 0 saturated heterocycles. The lowest BCUT2D eigenvalue weighted by Crippen LogP contribution is -2.15. The summed E-state index contributed by atoms with van der Waals surface area (Å²) < 4.78 is 1.06. The van der Waals surface area contributed by atoms with Crippen molar-refractivity contribution in [3.63, 3.8) is 0 Å². The molecule has 104 valence electrons. The van der Waals surface area contributed by atoms with E-state index >= 15 is 0 Å². The fourth-order valence-electron chi connectivity index (χ4n) is 1.92. The molecule has 0 saturated carbocycles. The molecule has 0 fully saturated rings. The number of nitrogens with one attached hydrogen (secondary N) is 1. The summed E-state index contributed by atoms with van der Waals surface area (Å²) in [6, 6.07) is 13.7. The van der Waals surface area contributed by atoms with Gasteiger partial charge in [0.1, 0.15) is 4.99 Å². The predicted molar refractivity (Wildman–Crippen MR) is 93.5 cm³/mol. The van der Waals surface area contributed by atoms with E-state index in [1.807, 2.05) is 24.3 Å². The maximum atomic E-state index is 6.04. The molecule has 0 amide bonds. The summed E-state index contributed by atoms with van der Waals surface area (Å²) in [4.78, 5) is 0.354. The Balaban J connectivity index is 2.27. The molecule has 0 aliphatic heterocycles. The van der Waals surface area contributed by atoms with Gasteiger partial charge in [-0.15, -0.1) is 0 Å². The highest BCUT2D eigenvalue weighted by molar-refractivity contribution is 9.10. The van der Waals surface area contributed by atoms with E-state index in [4.69, 9.17) is 29.6 Å². The second-order valence-corrected chi connectivity index (χ2v) is 6.26. The van der Waals surface area contributed by atoms with Crippen LogP contribution in [0.1, 0.15) is 24.1 Å². The highest BCUT2D eigenvalue weighted by atomic mass is 79.9. The number of anilines is 1. The molecule has 20 heavy (non-hydrogen) atoms. The van der Waals surface area contributed by atoms with Crippen LogP contribution in [0.4, 0.5) is 5.69 Å². The van der Waals surface area contributed by atoms with Crippen LogP contribution in [0.15, 0.2) is 46.9 Å². The molecule has 0 spiro atoms. The van der Waals surface area contributed by atoms with E-state index in [1.165, 1.54) is 5.56 Å². The molecule has 0 radical (unpaired) electrons. The van der Waals surface area contributed by atoms with Gasteiger partial charge in [0.15, 0.2) is 0 Å². The summed E-state index contributed by atoms with van der Waals surface area (Å²) in [5, 5.41) is 4.05. The summed E-state index contributed by atoms with van der Waals surface area (Å²) in [5.74, 6) is 0. The molecule has 0 heterocycles. The lowest BCUT2D eigenvalue weighted by molar-refractivity contribution is 0.884. The first-order valence-electron chi connectivity index (χ1n) is 6.08. The summed E-state index contributed by atoms with van der Waals surface area (Å²) in [5.41, 5.74) is 8.56. The standard InChI is InChI=1S/C15H14BrClN2S/c1-9(10-2-4-11(16)5-3-10)19-14-8-12(17)6-7-13(14)15(18)20/h2-9,19H,1H3,(H2,18,20). The smallest absolute Gasteiger partial charge is 0.106 e. The molecule has 2 aromatic rings. The molecule has 0 aromatic heterocycles. The maximum Gasteiger partial charge on any atom is 0.106 e. The predicted octanol–water partition coefficient (Wildman–Crippen LogP) is 4.91. The van der Waals surface area contributed by atoms with Crippen molar-refractivity contribution in [2.75, 3.05) is 5.32 Å². The van der Waals surface area contributed by atoms with Crippen LogP contribution in [0.5, 0.6) is 0 Å². The molecular weight excluding hydrogens is 356 g/mol. The van der Waals surface area contributed by atoms with Crippen LogP contribution in [-0.4, -0.2) is 4.99 Å². The third-order valence-corrected chi connectivity index (χ3v) is 3.97. The van der Waals surface area contributed by atoms with Gasteiger partial charge in [-0.05, 0) is 42.8 Å². The van der Waals surface area contributed by atoms with Crippen molar-refractivity contribution in [1.29, 1.82) is 0 Å². The van der Waals surface area contributed by atoms with Crippen LogP contribution in [0.25, 0.3) is 0 Å². The zero-order valence-corrected chi connectivity index (χ0v) is 14.0. The molecule has 2 nitrogen and oxygen atoms in total. The Morgan fingerprint density at radius 1 is 1.25 bits per heavy atom. The minimum absolute atomic E-state index is 0.120. The molecular formula is C15H14BrClN2S. The van der Waals surface area contributed by atoms with Crippen molar-refractivity contribution >= 4 is 50.4 Å². The highest BCUT2D eigenvalue weighted by Crippen LogP contribution is 2.26. The average Bonchev–Trinajstić information content (AvgIpc) is 2.39. The van der Waals surface area contributed by atoms with E-state index in [2.05, 4.69) is 40.3 Å². The number of hydrogen-bond acceptors (Lipinski definition) is 2. The Kier molecular flexibility index (Phi) is 5.02. The van der Waals surface area contributed by atoms with Gasteiger partial charge in [-0.3, -0.25) is 0 Å². The topological polar surface area (TPSA) is 38.0 Å². The first-order valence-corrected chi connectivity index (χ1v) is 7.66. The Bertz CT molecular complexity index is 628. The number of rotatable bonds is 4. The van der Waals surface area contributed by atoms with Crippen molar-refractivity contribution in [2.45, 2.75) is 13.0 Å². The monoisotopic (exact) mass is 368 g/mol. The SMILES string of the molecule is CC(Nc1cc(Cl)ccc1C(N)=S)c1ccc(Br)cc1. The molecule has 0 bridgehead atoms. The van der Waals surface area contributed by atoms with Crippen molar-refractivity contribution in [3.05, 3.63) is 63.1 Å². The van der Waals surface area contributed by atoms with Crippen LogP contribution >= 0.6 is 39.7 Å². The van der Waals surface area contributed by atoms with Gasteiger partial charge < -0.3 is 11.1 Å². The molecule has 2 rings (SSSR count). The van der Waals surface area contributed by atoms with Gasteiger partial charge in [0.05, 0.1) is 0 Å². The fourth-order valence-corrected chi connectivity index (χ4v) is 2.53. The molecule has 1 atom stereocenters. The summed E-state index contributed by atoms with van der Waals surface area (Å²) in [7, 11) is 0. The third-order valence-electron chi connectivity index (χ3n) is 2.99. The molecule has 0 aliphatic rings. The van der Waals surface area contributed by atoms with Gasteiger partial charge in [0.2, 0.25) is 0 Å². The second-order valence-electron chi connectivity index (χ2n) is 4.47. The van der Waals surface area contributed by atoms with E-state index < -0.39 is 0 Å². The van der Waals surface area contributed by atoms with Gasteiger partial charge in [-0.1, -0.05) is 51.9 Å². The number of halogens is 2. The lowest BCUT2D eigenvalue weighted by atomic mass is 10.1. The van der Waals surface area contributed by atoms with E-state index in [1.54, 1.807) is 6.07 Å². The number of nitrogens with two attached hydrogens (primary N) is 1. The zero-order valence-electron chi connectivity index (χ0n) is 10.9. The number of hydrogen-bond donors (Lipinski definition) is 2. The van der Waals surface area contributed by atoms with Crippen molar-refractivity contribution in [1.82, 2.24) is 0 Å². The van der Waals surface area contributed by atoms with Gasteiger partial charge in [0.25, 0.3) is 0 Å². The van der Waals surface area contributed by atoms with Crippen molar-refractivity contribution < 1.29 is 0 Å². The van der Waals surface area contributed by atoms with Crippen LogP contribution in [-0.2, 0) is 0 Å². The molecule has 5 heteroatoms. The Morgan fingerprint density at radius 2 is 1.90 bits per heavy atom. The molecule has 2 aromatic carbocycles.